The molecule has 672 valence electrons. The minimum Gasteiger partial charge on any atom is -0.0622 e. The Morgan fingerprint density at radius 2 is 0.215 bits per heavy atom. The zero-order chi connectivity index (χ0) is 95.6. The molecule has 27 aromatic rings. The minimum absolute atomic E-state index is 1.20. The highest BCUT2D eigenvalue weighted by Crippen LogP contribution is 2.53. The molecule has 0 saturated heterocycles. The Hall–Kier alpha value is -18.7. The molecule has 0 heteroatoms. The summed E-state index contributed by atoms with van der Waals surface area (Å²) < 4.78 is 0. The zero-order valence-corrected chi connectivity index (χ0v) is 79.4. The summed E-state index contributed by atoms with van der Waals surface area (Å²) >= 11 is 0. The largest absolute Gasteiger partial charge is 0.0622 e. The first-order valence-electron chi connectivity index (χ1n) is 49.8. The molecule has 27 rings (SSSR count). The van der Waals surface area contributed by atoms with Crippen molar-refractivity contribution in [3.63, 3.8) is 0 Å². The summed E-state index contributed by atoms with van der Waals surface area (Å²) in [7, 11) is 0. The first-order chi connectivity index (χ1) is 71.5. The molecular weight excluding hydrogens is 1730 g/mol. The van der Waals surface area contributed by atoms with Crippen molar-refractivity contribution in [3.05, 3.63) is 582 Å². The van der Waals surface area contributed by atoms with E-state index in [9.17, 15) is 0 Å². The maximum absolute atomic E-state index is 2.48. The molecule has 0 amide bonds. The Bertz CT molecular complexity index is 9360. The van der Waals surface area contributed by atoms with Crippen LogP contribution in [0.25, 0.3) is 264 Å². The van der Waals surface area contributed by atoms with Crippen LogP contribution in [0.5, 0.6) is 0 Å². The SMILES string of the molecule is c1ccc(-c2ccc(-c3c4ccccc4c(-c4ccc5c(-c6ccc(-c7ccccc7)cc6)c6ccccc6c(-c6ccc(-c7ccccc7)cc6)c5c4)c4ccccc34)cc2)cc1.c1ccc(-c2ccc(-c3c4ccccc4c(-c4ccccc4)c4cc(-c5cccc6ccccc56)ccc34)cc2)cc1.c1ccc(-c2ccc(-c3c4ccccc4c(-c4ccccc4)c4cc(-c5ccccc5)ccc34)cc2)cc1. The highest BCUT2D eigenvalue weighted by molar-refractivity contribution is 6.28. The van der Waals surface area contributed by atoms with Crippen LogP contribution in [0.4, 0.5) is 0 Å². The van der Waals surface area contributed by atoms with Crippen molar-refractivity contribution < 1.29 is 0 Å². The molecule has 0 unspecified atom stereocenters. The lowest BCUT2D eigenvalue weighted by molar-refractivity contribution is 1.60. The van der Waals surface area contributed by atoms with E-state index in [1.54, 1.807) is 0 Å². The van der Waals surface area contributed by atoms with Gasteiger partial charge in [-0.15, -0.1) is 0 Å². The van der Waals surface area contributed by atoms with E-state index < -0.39 is 0 Å². The van der Waals surface area contributed by atoms with Gasteiger partial charge in [0.25, 0.3) is 0 Å². The molecule has 0 spiro atoms. The predicted molar refractivity (Wildman–Crippen MR) is 618 cm³/mol. The Balaban J connectivity index is 0.000000118. The summed E-state index contributed by atoms with van der Waals surface area (Å²) in [5, 5.41) is 22.7. The van der Waals surface area contributed by atoms with E-state index in [0.717, 1.165) is 0 Å². The van der Waals surface area contributed by atoms with E-state index in [-0.39, 0.29) is 0 Å². The van der Waals surface area contributed by atoms with Gasteiger partial charge in [-0.3, -0.25) is 0 Å². The monoisotopic (exact) mass is 1820 g/mol. The summed E-state index contributed by atoms with van der Waals surface area (Å²) in [5.74, 6) is 0. The highest BCUT2D eigenvalue weighted by atomic mass is 14.3. The fourth-order valence-electron chi connectivity index (χ4n) is 22.3. The fraction of sp³-hybridized carbons (Fsp3) is 0. The second-order valence-corrected chi connectivity index (χ2v) is 37.4. The Morgan fingerprint density at radius 1 is 0.0694 bits per heavy atom. The summed E-state index contributed by atoms with van der Waals surface area (Å²) in [5.41, 5.74) is 37.1. The van der Waals surface area contributed by atoms with E-state index >= 15 is 0 Å². The third-order valence-corrected chi connectivity index (χ3v) is 29.0. The molecule has 0 aliphatic rings. The molecule has 0 N–H and O–H groups in total. The lowest BCUT2D eigenvalue weighted by Crippen LogP contribution is -1.94. The Labute approximate surface area is 840 Å². The van der Waals surface area contributed by atoms with Gasteiger partial charge in [0, 0.05) is 0 Å². The average molecular weight is 1830 g/mol. The number of fused-ring (bicyclic) bond motifs is 9. The Morgan fingerprint density at radius 3 is 0.479 bits per heavy atom. The molecule has 0 aliphatic carbocycles. The first-order valence-corrected chi connectivity index (χ1v) is 49.8. The van der Waals surface area contributed by atoms with Crippen molar-refractivity contribution in [1.29, 1.82) is 0 Å². The molecule has 0 nitrogen and oxygen atoms in total. The summed E-state index contributed by atoms with van der Waals surface area (Å²) in [4.78, 5) is 0. The summed E-state index contributed by atoms with van der Waals surface area (Å²) in [6, 6.07) is 212. The van der Waals surface area contributed by atoms with Crippen LogP contribution in [0.15, 0.2) is 582 Å². The third-order valence-electron chi connectivity index (χ3n) is 29.0. The van der Waals surface area contributed by atoms with Gasteiger partial charge in [0.1, 0.15) is 0 Å². The van der Waals surface area contributed by atoms with Gasteiger partial charge in [-0.25, -0.2) is 0 Å². The molecule has 0 aromatic heterocycles. The van der Waals surface area contributed by atoms with Gasteiger partial charge in [0.15, 0.2) is 0 Å². The molecule has 144 heavy (non-hydrogen) atoms. The van der Waals surface area contributed by atoms with Crippen LogP contribution in [0, 0.1) is 0 Å². The molecule has 0 saturated carbocycles. The smallest absolute Gasteiger partial charge is 0.00261 e. The highest BCUT2D eigenvalue weighted by Gasteiger charge is 2.25. The third kappa shape index (κ3) is 16.5. The van der Waals surface area contributed by atoms with Gasteiger partial charge >= 0.3 is 0 Å². The van der Waals surface area contributed by atoms with Gasteiger partial charge < -0.3 is 0 Å². The molecular formula is C144H96. The van der Waals surface area contributed by atoms with Crippen LogP contribution < -0.4 is 0 Å². The van der Waals surface area contributed by atoms with Crippen LogP contribution in [-0.4, -0.2) is 0 Å². The average Bonchev–Trinajstić information content (AvgIpc) is 0.721. The van der Waals surface area contributed by atoms with Gasteiger partial charge in [-0.1, -0.05) is 564 Å². The molecule has 0 fully saturated rings. The van der Waals surface area contributed by atoms with Crippen molar-refractivity contribution in [2.75, 3.05) is 0 Å². The normalized spacial score (nSPS) is 11.3. The standard InChI is InChI=1S/C64H42.C42H28.C38H26/c1-4-16-43(17-5-1)46-28-34-49(35-29-46)61-54-23-11-14-26-57(54)64(58-27-15-12-24-55(58)61)52-40-41-59-60(42-52)63(51-38-32-48(33-39-51)45-20-8-3-9-21-45)56-25-13-10-22-53(56)62(59)50-36-30-47(31-37-50)44-18-6-2-7-19-44;1-3-12-29(13-4-1)30-22-24-33(25-23-30)41-37-19-9-10-20-38(37)42(32-15-5-2-6-16-32)40-28-34(26-27-39(40)41)36-21-11-17-31-14-7-8-18-35(31)36;1-4-12-27(13-5-1)29-20-22-31(23-21-29)37-33-18-10-11-19-34(33)38(30-16-8-3-9-17-30)36-26-32(24-25-35(36)37)28-14-6-2-7-15-28/h1-42H;1-28H;1-26H. The minimum atomic E-state index is 1.20. The van der Waals surface area contributed by atoms with Gasteiger partial charge in [0.2, 0.25) is 0 Å². The number of hydrogen-bond acceptors (Lipinski definition) is 0. The maximum atomic E-state index is 2.48. The second kappa shape index (κ2) is 38.6. The predicted octanol–water partition coefficient (Wildman–Crippen LogP) is 40.4. The zero-order valence-electron chi connectivity index (χ0n) is 79.4. The van der Waals surface area contributed by atoms with Crippen molar-refractivity contribution in [2.24, 2.45) is 0 Å². The summed E-state index contributed by atoms with van der Waals surface area (Å²) in [6.45, 7) is 0. The van der Waals surface area contributed by atoms with E-state index in [1.807, 2.05) is 0 Å². The molecule has 0 heterocycles. The molecule has 27 aromatic carbocycles. The van der Waals surface area contributed by atoms with Crippen molar-refractivity contribution in [2.45, 2.75) is 0 Å². The van der Waals surface area contributed by atoms with Crippen molar-refractivity contribution in [3.8, 4) is 167 Å². The fourth-order valence-corrected chi connectivity index (χ4v) is 22.3. The van der Waals surface area contributed by atoms with Crippen molar-refractivity contribution >= 4 is 97.0 Å². The molecule has 0 aliphatic heterocycles. The number of hydrogen-bond donors (Lipinski definition) is 0. The van der Waals surface area contributed by atoms with Crippen molar-refractivity contribution in [1.82, 2.24) is 0 Å². The first kappa shape index (κ1) is 86.8. The van der Waals surface area contributed by atoms with E-state index in [2.05, 4.69) is 582 Å². The van der Waals surface area contributed by atoms with Crippen LogP contribution in [-0.2, 0) is 0 Å². The second-order valence-electron chi connectivity index (χ2n) is 37.4. The van der Waals surface area contributed by atoms with E-state index in [4.69, 9.17) is 0 Å². The summed E-state index contributed by atoms with van der Waals surface area (Å²) in [6.07, 6.45) is 0. The molecule has 0 bridgehead atoms. The van der Waals surface area contributed by atoms with Crippen LogP contribution in [0.1, 0.15) is 0 Å². The molecule has 0 atom stereocenters. The molecule has 0 radical (unpaired) electrons. The lowest BCUT2D eigenvalue weighted by Gasteiger charge is -2.21. The topological polar surface area (TPSA) is 0 Å². The van der Waals surface area contributed by atoms with Gasteiger partial charge in [-0.2, -0.15) is 0 Å². The maximum Gasteiger partial charge on any atom is -0.00261 e. The number of benzene rings is 27. The van der Waals surface area contributed by atoms with E-state index in [0.29, 0.717) is 0 Å². The quantitative estimate of drug-likeness (QED) is 0.0898. The van der Waals surface area contributed by atoms with E-state index in [1.165, 1.54) is 264 Å². The lowest BCUT2D eigenvalue weighted by atomic mass is 9.82. The van der Waals surface area contributed by atoms with Gasteiger partial charge in [0.05, 0.1) is 0 Å². The Kier molecular flexibility index (Phi) is 23.3. The van der Waals surface area contributed by atoms with Crippen LogP contribution in [0.3, 0.4) is 0 Å². The van der Waals surface area contributed by atoms with Crippen LogP contribution >= 0.6 is 0 Å². The van der Waals surface area contributed by atoms with Crippen LogP contribution in [0.2, 0.25) is 0 Å². The number of rotatable bonds is 15. The van der Waals surface area contributed by atoms with Gasteiger partial charge in [-0.05, 0) is 282 Å².